The van der Waals surface area contributed by atoms with Gasteiger partial charge in [-0.1, -0.05) is 40.5 Å². The lowest BCUT2D eigenvalue weighted by Gasteiger charge is -2.26. The number of amides is 1. The first-order valence-corrected chi connectivity index (χ1v) is 7.66. The minimum atomic E-state index is 0.0804. The lowest BCUT2D eigenvalue weighted by Crippen LogP contribution is -2.40. The van der Waals surface area contributed by atoms with Gasteiger partial charge in [0.05, 0.1) is 12.2 Å². The van der Waals surface area contributed by atoms with Gasteiger partial charge < -0.3 is 4.90 Å². The predicted octanol–water partition coefficient (Wildman–Crippen LogP) is 2.76. The third-order valence-corrected chi connectivity index (χ3v) is 4.32. The second-order valence-corrected chi connectivity index (χ2v) is 6.37. The molecule has 1 saturated heterocycles. The van der Waals surface area contributed by atoms with Gasteiger partial charge in [0.2, 0.25) is 5.91 Å². The van der Waals surface area contributed by atoms with E-state index in [-0.39, 0.29) is 12.2 Å². The first kappa shape index (κ1) is 13.9. The van der Waals surface area contributed by atoms with Crippen molar-refractivity contribution >= 4 is 5.91 Å². The van der Waals surface area contributed by atoms with Crippen molar-refractivity contribution in [2.24, 2.45) is 11.8 Å². The van der Waals surface area contributed by atoms with E-state index in [4.69, 9.17) is 0 Å². The molecular weight excluding hydrogens is 224 g/mol. The maximum atomic E-state index is 12.5. The Bertz CT molecular complexity index is 303. The average molecular weight is 252 g/mol. The number of hydrogen-bond acceptors (Lipinski definition) is 2. The lowest BCUT2D eigenvalue weighted by atomic mass is 10.1. The molecule has 2 aliphatic rings. The van der Waals surface area contributed by atoms with Crippen LogP contribution in [0.3, 0.4) is 0 Å². The summed E-state index contributed by atoms with van der Waals surface area (Å²) in [4.78, 5) is 14.7. The molecule has 1 N–H and O–H groups in total. The molecule has 0 aromatic heterocycles. The van der Waals surface area contributed by atoms with Crippen LogP contribution in [0.15, 0.2) is 0 Å². The van der Waals surface area contributed by atoms with Crippen LogP contribution in [-0.4, -0.2) is 29.1 Å². The minimum absolute atomic E-state index is 0.0804. The molecule has 1 heterocycles. The van der Waals surface area contributed by atoms with E-state index in [1.807, 2.05) is 0 Å². The highest BCUT2D eigenvalue weighted by atomic mass is 16.2. The minimum Gasteiger partial charge on any atom is -0.323 e. The Morgan fingerprint density at radius 2 is 2.11 bits per heavy atom. The molecule has 4 atom stereocenters. The Morgan fingerprint density at radius 3 is 2.61 bits per heavy atom. The van der Waals surface area contributed by atoms with E-state index in [0.29, 0.717) is 17.9 Å². The Hall–Kier alpha value is -0.570. The molecule has 0 aromatic carbocycles. The summed E-state index contributed by atoms with van der Waals surface area (Å²) in [6, 6.07) is 0.609. The topological polar surface area (TPSA) is 32.3 Å². The Labute approximate surface area is 111 Å². The Kier molecular flexibility index (Phi) is 4.31. The number of carbonyl (C=O) groups is 1. The molecule has 0 bridgehead atoms. The van der Waals surface area contributed by atoms with Crippen molar-refractivity contribution in [2.45, 2.75) is 78.0 Å². The quantitative estimate of drug-likeness (QED) is 0.788. The van der Waals surface area contributed by atoms with Gasteiger partial charge in [-0.2, -0.15) is 0 Å². The number of nitrogens with zero attached hydrogens (tertiary/aromatic N) is 1. The van der Waals surface area contributed by atoms with E-state index in [2.05, 4.69) is 37.9 Å². The van der Waals surface area contributed by atoms with Crippen molar-refractivity contribution in [2.75, 3.05) is 0 Å². The molecule has 2 fully saturated rings. The van der Waals surface area contributed by atoms with Gasteiger partial charge in [0.15, 0.2) is 0 Å². The number of nitrogens with one attached hydrogen (secondary N) is 1. The van der Waals surface area contributed by atoms with Gasteiger partial charge in [-0.05, 0) is 31.1 Å². The lowest BCUT2D eigenvalue weighted by molar-refractivity contribution is -0.131. The summed E-state index contributed by atoms with van der Waals surface area (Å²) in [5, 5.41) is 3.57. The van der Waals surface area contributed by atoms with Gasteiger partial charge in [-0.3, -0.25) is 10.1 Å². The monoisotopic (exact) mass is 252 g/mol. The summed E-state index contributed by atoms with van der Waals surface area (Å²) in [6.45, 7) is 8.87. The van der Waals surface area contributed by atoms with Crippen molar-refractivity contribution in [3.8, 4) is 0 Å². The van der Waals surface area contributed by atoms with Crippen LogP contribution in [-0.2, 0) is 4.79 Å². The third kappa shape index (κ3) is 2.71. The molecule has 1 aliphatic heterocycles. The van der Waals surface area contributed by atoms with Gasteiger partial charge in [0.25, 0.3) is 0 Å². The molecule has 0 spiro atoms. The second kappa shape index (κ2) is 5.60. The summed E-state index contributed by atoms with van der Waals surface area (Å²) < 4.78 is 0. The van der Waals surface area contributed by atoms with Crippen LogP contribution in [0.4, 0.5) is 0 Å². The molecule has 1 aliphatic carbocycles. The van der Waals surface area contributed by atoms with Gasteiger partial charge in [-0.25, -0.2) is 0 Å². The van der Waals surface area contributed by atoms with Crippen molar-refractivity contribution in [3.05, 3.63) is 0 Å². The number of hydrogen-bond donors (Lipinski definition) is 1. The molecule has 104 valence electrons. The molecule has 0 radical (unpaired) electrons. The van der Waals surface area contributed by atoms with Crippen LogP contribution in [0.5, 0.6) is 0 Å². The summed E-state index contributed by atoms with van der Waals surface area (Å²) in [6.07, 6.45) is 5.86. The SMILES string of the molecule is CCCC1NC(CC(C)C)N(C2CC2CC)C1=O. The summed E-state index contributed by atoms with van der Waals surface area (Å²) in [5.41, 5.74) is 0. The highest BCUT2D eigenvalue weighted by molar-refractivity contribution is 5.85. The molecule has 18 heavy (non-hydrogen) atoms. The summed E-state index contributed by atoms with van der Waals surface area (Å²) in [7, 11) is 0. The molecule has 0 aromatic rings. The summed E-state index contributed by atoms with van der Waals surface area (Å²) in [5.74, 6) is 1.76. The average Bonchev–Trinajstić information content (AvgIpc) is 3.01. The number of rotatable bonds is 6. The normalized spacial score (nSPS) is 35.6. The fraction of sp³-hybridized carbons (Fsp3) is 0.933. The van der Waals surface area contributed by atoms with Gasteiger partial charge in [0, 0.05) is 6.04 Å². The molecule has 3 heteroatoms. The number of carbonyl (C=O) groups excluding carboxylic acids is 1. The zero-order valence-electron chi connectivity index (χ0n) is 12.3. The van der Waals surface area contributed by atoms with Crippen molar-refractivity contribution in [3.63, 3.8) is 0 Å². The van der Waals surface area contributed by atoms with Gasteiger partial charge in [0.1, 0.15) is 0 Å². The van der Waals surface area contributed by atoms with E-state index < -0.39 is 0 Å². The fourth-order valence-electron chi connectivity index (χ4n) is 3.25. The zero-order valence-corrected chi connectivity index (χ0v) is 12.3. The van der Waals surface area contributed by atoms with E-state index in [9.17, 15) is 4.79 Å². The Balaban J connectivity index is 2.04. The smallest absolute Gasteiger partial charge is 0.241 e. The first-order valence-electron chi connectivity index (χ1n) is 7.66. The molecule has 1 saturated carbocycles. The van der Waals surface area contributed by atoms with E-state index in [0.717, 1.165) is 25.2 Å². The zero-order chi connectivity index (χ0) is 13.3. The molecule has 3 nitrogen and oxygen atoms in total. The van der Waals surface area contributed by atoms with Crippen molar-refractivity contribution < 1.29 is 4.79 Å². The van der Waals surface area contributed by atoms with E-state index in [1.165, 1.54) is 12.8 Å². The van der Waals surface area contributed by atoms with Crippen molar-refractivity contribution in [1.29, 1.82) is 0 Å². The standard InChI is InChI=1S/C15H28N2O/c1-5-7-12-15(18)17(13-9-11(13)6-2)14(16-12)8-10(3)4/h10-14,16H,5-9H2,1-4H3. The highest BCUT2D eigenvalue weighted by Gasteiger charge is 2.50. The van der Waals surface area contributed by atoms with E-state index in [1.54, 1.807) is 0 Å². The van der Waals surface area contributed by atoms with E-state index >= 15 is 0 Å². The maximum Gasteiger partial charge on any atom is 0.241 e. The largest absolute Gasteiger partial charge is 0.323 e. The maximum absolute atomic E-state index is 12.5. The first-order chi connectivity index (χ1) is 8.58. The van der Waals surface area contributed by atoms with Crippen LogP contribution in [0.1, 0.15) is 59.8 Å². The summed E-state index contributed by atoms with van der Waals surface area (Å²) >= 11 is 0. The van der Waals surface area contributed by atoms with Gasteiger partial charge in [-0.15, -0.1) is 0 Å². The van der Waals surface area contributed by atoms with Crippen LogP contribution < -0.4 is 5.32 Å². The molecule has 2 rings (SSSR count). The van der Waals surface area contributed by atoms with Gasteiger partial charge >= 0.3 is 0 Å². The van der Waals surface area contributed by atoms with Crippen molar-refractivity contribution in [1.82, 2.24) is 10.2 Å². The fourth-order valence-corrected chi connectivity index (χ4v) is 3.25. The molecule has 4 unspecified atom stereocenters. The Morgan fingerprint density at radius 1 is 1.39 bits per heavy atom. The van der Waals surface area contributed by atoms with Crippen LogP contribution in [0.2, 0.25) is 0 Å². The second-order valence-electron chi connectivity index (χ2n) is 6.37. The molecule has 1 amide bonds. The molecular formula is C15H28N2O. The predicted molar refractivity (Wildman–Crippen MR) is 74.1 cm³/mol. The van der Waals surface area contributed by atoms with Crippen LogP contribution in [0, 0.1) is 11.8 Å². The van der Waals surface area contributed by atoms with Crippen LogP contribution in [0.25, 0.3) is 0 Å². The third-order valence-electron chi connectivity index (χ3n) is 4.32. The highest BCUT2D eigenvalue weighted by Crippen LogP contribution is 2.41. The van der Waals surface area contributed by atoms with Crippen LogP contribution >= 0.6 is 0 Å².